The monoisotopic (exact) mass is 543 g/mol. The molecule has 0 radical (unpaired) electrons. The Hall–Kier alpha value is -3.08. The van der Waals surface area contributed by atoms with Crippen LogP contribution in [0.15, 0.2) is 79.0 Å². The van der Waals surface area contributed by atoms with Crippen molar-refractivity contribution in [3.8, 4) is 0 Å². The second-order valence-electron chi connectivity index (χ2n) is 12.1. The van der Waals surface area contributed by atoms with E-state index in [1.54, 1.807) is 0 Å². The predicted molar refractivity (Wildman–Crippen MR) is 164 cm³/mol. The summed E-state index contributed by atoms with van der Waals surface area (Å²) in [6, 6.07) is 25.0. The van der Waals surface area contributed by atoms with E-state index in [-0.39, 0.29) is 11.3 Å². The van der Waals surface area contributed by atoms with Gasteiger partial charge in [-0.05, 0) is 58.2 Å². The molecule has 0 aliphatic rings. The molecular formula is C34H42ClN3O. The molecule has 0 saturated carbocycles. The SMILES string of the molecule is CC(C)CN(CC(=O)N(CCc1c[nH]c2ccccc12)Cc1ccc(C(C)(C)C)cc1)Cc1ccc(Cl)cc1. The molecule has 0 saturated heterocycles. The van der Waals surface area contributed by atoms with Crippen molar-refractivity contribution >= 4 is 28.4 Å². The highest BCUT2D eigenvalue weighted by molar-refractivity contribution is 6.30. The molecule has 1 amide bonds. The lowest BCUT2D eigenvalue weighted by Crippen LogP contribution is -2.42. The van der Waals surface area contributed by atoms with Crippen molar-refractivity contribution in [3.63, 3.8) is 0 Å². The molecule has 5 heteroatoms. The minimum Gasteiger partial charge on any atom is -0.361 e. The molecule has 0 spiro atoms. The first-order chi connectivity index (χ1) is 18.6. The smallest absolute Gasteiger partial charge is 0.237 e. The van der Waals surface area contributed by atoms with Crippen LogP contribution in [0.4, 0.5) is 0 Å². The molecular weight excluding hydrogens is 502 g/mol. The van der Waals surface area contributed by atoms with Gasteiger partial charge in [-0.1, -0.05) is 101 Å². The zero-order chi connectivity index (χ0) is 28.0. The van der Waals surface area contributed by atoms with E-state index in [1.807, 2.05) is 35.2 Å². The number of nitrogens with one attached hydrogen (secondary N) is 1. The minimum absolute atomic E-state index is 0.0996. The molecule has 1 aromatic heterocycles. The Balaban J connectivity index is 1.53. The van der Waals surface area contributed by atoms with Crippen LogP contribution in [0.3, 0.4) is 0 Å². The summed E-state index contributed by atoms with van der Waals surface area (Å²) in [5.41, 5.74) is 6.09. The number of amides is 1. The largest absolute Gasteiger partial charge is 0.361 e. The first-order valence-electron chi connectivity index (χ1n) is 14.0. The summed E-state index contributed by atoms with van der Waals surface area (Å²) in [5, 5.41) is 1.95. The molecule has 0 bridgehead atoms. The Kier molecular flexibility index (Phi) is 9.53. The van der Waals surface area contributed by atoms with Crippen LogP contribution >= 0.6 is 11.6 Å². The molecule has 4 nitrogen and oxygen atoms in total. The summed E-state index contributed by atoms with van der Waals surface area (Å²) in [6.07, 6.45) is 2.88. The van der Waals surface area contributed by atoms with Gasteiger partial charge in [-0.15, -0.1) is 0 Å². The molecule has 1 N–H and O–H groups in total. The van der Waals surface area contributed by atoms with E-state index in [1.165, 1.54) is 16.5 Å². The summed E-state index contributed by atoms with van der Waals surface area (Å²) in [6.45, 7) is 14.3. The van der Waals surface area contributed by atoms with Crippen LogP contribution in [0.2, 0.25) is 5.02 Å². The van der Waals surface area contributed by atoms with Gasteiger partial charge in [0.1, 0.15) is 0 Å². The van der Waals surface area contributed by atoms with Crippen LogP contribution in [0, 0.1) is 5.92 Å². The lowest BCUT2D eigenvalue weighted by Gasteiger charge is -2.29. The topological polar surface area (TPSA) is 39.3 Å². The number of hydrogen-bond acceptors (Lipinski definition) is 2. The molecule has 4 rings (SSSR count). The summed E-state index contributed by atoms with van der Waals surface area (Å²) < 4.78 is 0. The van der Waals surface area contributed by atoms with Crippen molar-refractivity contribution in [2.75, 3.05) is 19.6 Å². The third kappa shape index (κ3) is 8.20. The first kappa shape index (κ1) is 28.9. The zero-order valence-electron chi connectivity index (χ0n) is 24.0. The van der Waals surface area contributed by atoms with E-state index >= 15 is 0 Å². The van der Waals surface area contributed by atoms with Crippen molar-refractivity contribution in [2.24, 2.45) is 5.92 Å². The van der Waals surface area contributed by atoms with Crippen LogP contribution < -0.4 is 0 Å². The molecule has 206 valence electrons. The number of aromatic nitrogens is 1. The minimum atomic E-state index is 0.0996. The molecule has 39 heavy (non-hydrogen) atoms. The zero-order valence-corrected chi connectivity index (χ0v) is 24.8. The maximum atomic E-state index is 13.9. The number of halogens is 1. The summed E-state index contributed by atoms with van der Waals surface area (Å²) >= 11 is 6.11. The molecule has 0 fully saturated rings. The Morgan fingerprint density at radius 1 is 0.897 bits per heavy atom. The first-order valence-corrected chi connectivity index (χ1v) is 14.4. The van der Waals surface area contributed by atoms with Gasteiger partial charge in [0.2, 0.25) is 5.91 Å². The Bertz CT molecular complexity index is 1350. The molecule has 1 heterocycles. The average molecular weight is 544 g/mol. The Morgan fingerprint density at radius 3 is 2.21 bits per heavy atom. The van der Waals surface area contributed by atoms with E-state index in [2.05, 4.69) is 93.2 Å². The van der Waals surface area contributed by atoms with Gasteiger partial charge in [0, 0.05) is 48.3 Å². The number of fused-ring (bicyclic) bond motifs is 1. The number of carbonyl (C=O) groups excluding carboxylic acids is 1. The van der Waals surface area contributed by atoms with Gasteiger partial charge in [-0.2, -0.15) is 0 Å². The van der Waals surface area contributed by atoms with E-state index in [0.29, 0.717) is 25.6 Å². The van der Waals surface area contributed by atoms with Gasteiger partial charge < -0.3 is 9.88 Å². The van der Waals surface area contributed by atoms with Gasteiger partial charge in [0.15, 0.2) is 0 Å². The number of para-hydroxylation sites is 1. The average Bonchev–Trinajstić information content (AvgIpc) is 3.30. The lowest BCUT2D eigenvalue weighted by molar-refractivity contribution is -0.133. The fourth-order valence-electron chi connectivity index (χ4n) is 5.06. The van der Waals surface area contributed by atoms with Gasteiger partial charge in [-0.25, -0.2) is 0 Å². The van der Waals surface area contributed by atoms with E-state index in [9.17, 15) is 4.79 Å². The third-order valence-electron chi connectivity index (χ3n) is 7.17. The molecule has 0 aliphatic carbocycles. The summed E-state index contributed by atoms with van der Waals surface area (Å²) in [7, 11) is 0. The molecule has 0 unspecified atom stereocenters. The summed E-state index contributed by atoms with van der Waals surface area (Å²) in [4.78, 5) is 21.6. The van der Waals surface area contributed by atoms with Crippen LogP contribution in [0.5, 0.6) is 0 Å². The fourth-order valence-corrected chi connectivity index (χ4v) is 5.18. The standard InChI is InChI=1S/C34H42ClN3O/c1-25(2)21-37(22-26-12-16-30(35)17-13-26)24-33(39)38(23-27-10-14-29(15-11-27)34(3,4)5)19-18-28-20-36-32-9-7-6-8-31(28)32/h6-17,20,25,36H,18-19,21-24H2,1-5H3. The van der Waals surface area contributed by atoms with Crippen molar-refractivity contribution in [2.45, 2.75) is 59.5 Å². The normalized spacial score (nSPS) is 12.0. The van der Waals surface area contributed by atoms with Gasteiger partial charge in [0.05, 0.1) is 6.54 Å². The highest BCUT2D eigenvalue weighted by Crippen LogP contribution is 2.23. The second kappa shape index (κ2) is 12.8. The summed E-state index contributed by atoms with van der Waals surface area (Å²) in [5.74, 6) is 0.610. The highest BCUT2D eigenvalue weighted by atomic mass is 35.5. The van der Waals surface area contributed by atoms with Crippen LogP contribution in [-0.4, -0.2) is 40.3 Å². The van der Waals surface area contributed by atoms with Gasteiger partial charge in [-0.3, -0.25) is 9.69 Å². The number of hydrogen-bond donors (Lipinski definition) is 1. The van der Waals surface area contributed by atoms with E-state index in [4.69, 9.17) is 11.6 Å². The maximum absolute atomic E-state index is 13.9. The number of nitrogens with zero attached hydrogens (tertiary/aromatic N) is 2. The van der Waals surface area contributed by atoms with Crippen molar-refractivity contribution in [1.82, 2.24) is 14.8 Å². The van der Waals surface area contributed by atoms with Gasteiger partial charge >= 0.3 is 0 Å². The Morgan fingerprint density at radius 2 is 1.54 bits per heavy atom. The second-order valence-corrected chi connectivity index (χ2v) is 12.5. The van der Waals surface area contributed by atoms with Crippen molar-refractivity contribution in [1.29, 1.82) is 0 Å². The van der Waals surface area contributed by atoms with E-state index < -0.39 is 0 Å². The fraction of sp³-hybridized carbons (Fsp3) is 0.382. The van der Waals surface area contributed by atoms with Crippen molar-refractivity contribution in [3.05, 3.63) is 106 Å². The van der Waals surface area contributed by atoms with Gasteiger partial charge in [0.25, 0.3) is 0 Å². The maximum Gasteiger partial charge on any atom is 0.237 e. The molecule has 0 atom stereocenters. The molecule has 0 aliphatic heterocycles. The van der Waals surface area contributed by atoms with Crippen LogP contribution in [0.1, 0.15) is 56.9 Å². The molecule has 4 aromatic rings. The third-order valence-corrected chi connectivity index (χ3v) is 7.43. The predicted octanol–water partition coefficient (Wildman–Crippen LogP) is 7.85. The van der Waals surface area contributed by atoms with E-state index in [0.717, 1.165) is 41.2 Å². The molecule has 3 aromatic carbocycles. The number of H-pyrrole nitrogens is 1. The van der Waals surface area contributed by atoms with Crippen LogP contribution in [-0.2, 0) is 29.7 Å². The lowest BCUT2D eigenvalue weighted by atomic mass is 9.87. The van der Waals surface area contributed by atoms with Crippen molar-refractivity contribution < 1.29 is 4.79 Å². The quantitative estimate of drug-likeness (QED) is 0.209. The number of benzene rings is 3. The highest BCUT2D eigenvalue weighted by Gasteiger charge is 2.20. The number of aromatic amines is 1. The number of carbonyl (C=O) groups is 1. The Labute approximate surface area is 239 Å². The number of rotatable bonds is 11. The van der Waals surface area contributed by atoms with Crippen LogP contribution in [0.25, 0.3) is 10.9 Å².